The third-order valence-corrected chi connectivity index (χ3v) is 6.02. The highest BCUT2D eigenvalue weighted by atomic mass is 32.2. The van der Waals surface area contributed by atoms with Crippen molar-refractivity contribution in [2.45, 2.75) is 24.0 Å². The molecule has 0 bridgehead atoms. The van der Waals surface area contributed by atoms with Gasteiger partial charge in [-0.1, -0.05) is 30.0 Å². The number of nitrogens with one attached hydrogen (secondary N) is 1. The molecule has 1 saturated heterocycles. The molecular formula is C23H23FN4O2S. The Morgan fingerprint density at radius 1 is 1.06 bits per heavy atom. The summed E-state index contributed by atoms with van der Waals surface area (Å²) in [6.45, 7) is 1.09. The van der Waals surface area contributed by atoms with E-state index in [2.05, 4.69) is 10.3 Å². The fraction of sp³-hybridized carbons (Fsp3) is 0.261. The number of carbonyl (C=O) groups is 2. The van der Waals surface area contributed by atoms with Crippen molar-refractivity contribution < 1.29 is 14.0 Å². The molecular weight excluding hydrogens is 415 g/mol. The van der Waals surface area contributed by atoms with Crippen LogP contribution >= 0.6 is 11.8 Å². The van der Waals surface area contributed by atoms with Crippen LogP contribution in [0.5, 0.6) is 0 Å². The van der Waals surface area contributed by atoms with E-state index in [-0.39, 0.29) is 23.7 Å². The number of aromatic nitrogens is 2. The van der Waals surface area contributed by atoms with Gasteiger partial charge in [0, 0.05) is 30.4 Å². The van der Waals surface area contributed by atoms with Gasteiger partial charge in [-0.3, -0.25) is 14.2 Å². The number of benzene rings is 2. The number of nitrogens with zero attached hydrogens (tertiary/aromatic N) is 3. The Morgan fingerprint density at radius 3 is 2.39 bits per heavy atom. The predicted octanol–water partition coefficient (Wildman–Crippen LogP) is 3.77. The van der Waals surface area contributed by atoms with E-state index in [1.54, 1.807) is 39.9 Å². The lowest BCUT2D eigenvalue weighted by Gasteiger charge is -2.32. The Kier molecular flexibility index (Phi) is 6.36. The maximum atomic E-state index is 13.4. The highest BCUT2D eigenvalue weighted by molar-refractivity contribution is 7.98. The van der Waals surface area contributed by atoms with Gasteiger partial charge >= 0.3 is 0 Å². The highest BCUT2D eigenvalue weighted by Crippen LogP contribution is 2.24. The molecule has 3 aromatic rings. The lowest BCUT2D eigenvalue weighted by molar-refractivity contribution is 0.0689. The molecule has 1 aromatic heterocycles. The highest BCUT2D eigenvalue weighted by Gasteiger charge is 2.28. The summed E-state index contributed by atoms with van der Waals surface area (Å²) in [7, 11) is 0. The molecule has 1 aliphatic rings. The SMILES string of the molecule is CSc1ncc(C(=O)N2CCC(NC(=O)c3ccccc3)CC2)n1-c1ccc(F)cc1. The van der Waals surface area contributed by atoms with Crippen molar-refractivity contribution in [1.29, 1.82) is 0 Å². The lowest BCUT2D eigenvalue weighted by Crippen LogP contribution is -2.46. The van der Waals surface area contributed by atoms with Crippen molar-refractivity contribution in [2.75, 3.05) is 19.3 Å². The van der Waals surface area contributed by atoms with Crippen LogP contribution in [0.3, 0.4) is 0 Å². The molecule has 6 nitrogen and oxygen atoms in total. The zero-order valence-corrected chi connectivity index (χ0v) is 17.9. The Morgan fingerprint density at radius 2 is 1.74 bits per heavy atom. The standard InChI is InChI=1S/C23H23FN4O2S/c1-31-23-25-15-20(28(23)19-9-7-17(24)8-10-19)22(30)27-13-11-18(12-14-27)26-21(29)16-5-3-2-4-6-16/h2-10,15,18H,11-14H2,1H3,(H,26,29). The molecule has 0 spiro atoms. The van der Waals surface area contributed by atoms with Crippen LogP contribution in [0.4, 0.5) is 4.39 Å². The number of hydrogen-bond donors (Lipinski definition) is 1. The molecule has 2 amide bonds. The summed E-state index contributed by atoms with van der Waals surface area (Å²) in [4.78, 5) is 31.8. The summed E-state index contributed by atoms with van der Waals surface area (Å²) in [6.07, 6.45) is 4.83. The number of halogens is 1. The summed E-state index contributed by atoms with van der Waals surface area (Å²) in [5, 5.41) is 3.72. The number of carbonyl (C=O) groups excluding carboxylic acids is 2. The van der Waals surface area contributed by atoms with Crippen LogP contribution in [-0.2, 0) is 0 Å². The lowest BCUT2D eigenvalue weighted by atomic mass is 10.0. The molecule has 0 unspecified atom stereocenters. The van der Waals surface area contributed by atoms with Crippen molar-refractivity contribution >= 4 is 23.6 Å². The smallest absolute Gasteiger partial charge is 0.272 e. The molecule has 2 heterocycles. The van der Waals surface area contributed by atoms with Crippen molar-refractivity contribution in [3.63, 3.8) is 0 Å². The number of rotatable bonds is 5. The van der Waals surface area contributed by atoms with Gasteiger partial charge in [-0.05, 0) is 55.5 Å². The molecule has 160 valence electrons. The van der Waals surface area contributed by atoms with Crippen molar-refractivity contribution in [3.05, 3.63) is 77.9 Å². The second-order valence-electron chi connectivity index (χ2n) is 7.35. The number of imidazole rings is 1. The largest absolute Gasteiger partial charge is 0.349 e. The quantitative estimate of drug-likeness (QED) is 0.616. The van der Waals surface area contributed by atoms with Crippen molar-refractivity contribution in [1.82, 2.24) is 19.8 Å². The molecule has 1 fully saturated rings. The van der Waals surface area contributed by atoms with Gasteiger partial charge in [0.05, 0.1) is 6.20 Å². The van der Waals surface area contributed by atoms with Gasteiger partial charge in [-0.25, -0.2) is 9.37 Å². The van der Waals surface area contributed by atoms with Crippen LogP contribution < -0.4 is 5.32 Å². The second kappa shape index (κ2) is 9.34. The third kappa shape index (κ3) is 4.64. The van der Waals surface area contributed by atoms with E-state index in [0.717, 1.165) is 0 Å². The number of piperidine rings is 1. The van der Waals surface area contributed by atoms with Crippen molar-refractivity contribution in [3.8, 4) is 5.69 Å². The summed E-state index contributed by atoms with van der Waals surface area (Å²) >= 11 is 1.42. The Hall–Kier alpha value is -3.13. The van der Waals surface area contributed by atoms with Gasteiger partial charge in [0.25, 0.3) is 11.8 Å². The van der Waals surface area contributed by atoms with Crippen LogP contribution in [0.25, 0.3) is 5.69 Å². The summed E-state index contributed by atoms with van der Waals surface area (Å²) in [5.41, 5.74) is 1.77. The minimum absolute atomic E-state index is 0.0283. The predicted molar refractivity (Wildman–Crippen MR) is 118 cm³/mol. The fourth-order valence-electron chi connectivity index (χ4n) is 3.72. The van der Waals surface area contributed by atoms with Crippen molar-refractivity contribution in [2.24, 2.45) is 0 Å². The first-order chi connectivity index (χ1) is 15.1. The van der Waals surface area contributed by atoms with E-state index < -0.39 is 0 Å². The van der Waals surface area contributed by atoms with E-state index in [9.17, 15) is 14.0 Å². The molecule has 31 heavy (non-hydrogen) atoms. The minimum atomic E-state index is -0.331. The molecule has 2 aromatic carbocycles. The summed E-state index contributed by atoms with van der Waals surface area (Å²) < 4.78 is 15.1. The van der Waals surface area contributed by atoms with Crippen LogP contribution in [-0.4, -0.2) is 51.7 Å². The normalized spacial score (nSPS) is 14.5. The van der Waals surface area contributed by atoms with E-state index in [1.807, 2.05) is 24.5 Å². The molecule has 1 aliphatic heterocycles. The second-order valence-corrected chi connectivity index (χ2v) is 8.12. The van der Waals surface area contributed by atoms with E-state index in [1.165, 1.54) is 23.9 Å². The zero-order chi connectivity index (χ0) is 21.8. The van der Waals surface area contributed by atoms with Crippen LogP contribution in [0, 0.1) is 5.82 Å². The Bertz CT molecular complexity index is 1060. The minimum Gasteiger partial charge on any atom is -0.349 e. The van der Waals surface area contributed by atoms with Crippen LogP contribution in [0.2, 0.25) is 0 Å². The first-order valence-corrected chi connectivity index (χ1v) is 11.3. The molecule has 0 saturated carbocycles. The Balaban J connectivity index is 1.44. The van der Waals surface area contributed by atoms with E-state index >= 15 is 0 Å². The Labute approximate surface area is 184 Å². The topological polar surface area (TPSA) is 67.2 Å². The summed E-state index contributed by atoms with van der Waals surface area (Å²) in [6, 6.07) is 15.2. The monoisotopic (exact) mass is 438 g/mol. The molecule has 8 heteroatoms. The molecule has 1 N–H and O–H groups in total. The first kappa shape index (κ1) is 21.1. The zero-order valence-electron chi connectivity index (χ0n) is 17.1. The number of likely N-dealkylation sites (tertiary alicyclic amines) is 1. The average Bonchev–Trinajstić information content (AvgIpc) is 3.24. The van der Waals surface area contributed by atoms with Gasteiger partial charge in [0.2, 0.25) is 0 Å². The maximum Gasteiger partial charge on any atom is 0.272 e. The van der Waals surface area contributed by atoms with Gasteiger partial charge in [-0.15, -0.1) is 0 Å². The van der Waals surface area contributed by atoms with Gasteiger partial charge in [0.1, 0.15) is 11.5 Å². The van der Waals surface area contributed by atoms with Gasteiger partial charge < -0.3 is 10.2 Å². The van der Waals surface area contributed by atoms with E-state index in [4.69, 9.17) is 0 Å². The fourth-order valence-corrected chi connectivity index (χ4v) is 4.26. The average molecular weight is 439 g/mol. The maximum absolute atomic E-state index is 13.4. The molecule has 4 rings (SSSR count). The molecule has 0 aliphatic carbocycles. The number of amides is 2. The van der Waals surface area contributed by atoms with Gasteiger partial charge in [0.15, 0.2) is 5.16 Å². The number of thioether (sulfide) groups is 1. The molecule has 0 atom stereocenters. The number of hydrogen-bond acceptors (Lipinski definition) is 4. The van der Waals surface area contributed by atoms with E-state index in [0.29, 0.717) is 48.0 Å². The van der Waals surface area contributed by atoms with Crippen LogP contribution in [0.1, 0.15) is 33.7 Å². The van der Waals surface area contributed by atoms with Gasteiger partial charge in [-0.2, -0.15) is 0 Å². The van der Waals surface area contributed by atoms with Crippen LogP contribution in [0.15, 0.2) is 66.0 Å². The molecule has 0 radical (unpaired) electrons. The summed E-state index contributed by atoms with van der Waals surface area (Å²) in [5.74, 6) is -0.545. The third-order valence-electron chi connectivity index (χ3n) is 5.37. The first-order valence-electron chi connectivity index (χ1n) is 10.1.